The molecule has 0 radical (unpaired) electrons. The van der Waals surface area contributed by atoms with Gasteiger partial charge in [-0.05, 0) is 6.07 Å². The minimum atomic E-state index is -0.833. The number of aromatic nitrogens is 2. The second kappa shape index (κ2) is 5.64. The van der Waals surface area contributed by atoms with E-state index in [1.54, 1.807) is 18.5 Å². The third kappa shape index (κ3) is 6.42. The summed E-state index contributed by atoms with van der Waals surface area (Å²) in [6.07, 6.45) is 3.09. The van der Waals surface area contributed by atoms with E-state index in [2.05, 4.69) is 9.97 Å². The maximum Gasteiger partial charge on any atom is 0.300 e. The van der Waals surface area contributed by atoms with Crippen molar-refractivity contribution in [1.82, 2.24) is 9.97 Å². The molecule has 1 aromatic heterocycles. The van der Waals surface area contributed by atoms with Gasteiger partial charge in [0.15, 0.2) is 11.7 Å². The average Bonchev–Trinajstić information content (AvgIpc) is 2.05. The SMILES string of the molecule is CC(=O)O.N=C(N)c1ncccn1. The summed E-state index contributed by atoms with van der Waals surface area (Å²) in [5, 5.41) is 14.3. The van der Waals surface area contributed by atoms with E-state index in [0.29, 0.717) is 0 Å². The van der Waals surface area contributed by atoms with Crippen LogP contribution in [0.5, 0.6) is 0 Å². The first-order chi connectivity index (χ1) is 6.04. The van der Waals surface area contributed by atoms with Gasteiger partial charge in [0, 0.05) is 19.3 Å². The zero-order valence-corrected chi connectivity index (χ0v) is 7.06. The van der Waals surface area contributed by atoms with Gasteiger partial charge >= 0.3 is 0 Å². The Bertz CT molecular complexity index is 282. The lowest BCUT2D eigenvalue weighted by atomic mass is 10.5. The lowest BCUT2D eigenvalue weighted by Crippen LogP contribution is -2.14. The van der Waals surface area contributed by atoms with Crippen molar-refractivity contribution in [2.24, 2.45) is 5.73 Å². The quantitative estimate of drug-likeness (QED) is 0.413. The summed E-state index contributed by atoms with van der Waals surface area (Å²) < 4.78 is 0. The van der Waals surface area contributed by atoms with E-state index in [9.17, 15) is 0 Å². The first kappa shape index (κ1) is 11.0. The number of hydrogen-bond acceptors (Lipinski definition) is 4. The van der Waals surface area contributed by atoms with Crippen molar-refractivity contribution in [3.8, 4) is 0 Å². The first-order valence-electron chi connectivity index (χ1n) is 3.35. The zero-order chi connectivity index (χ0) is 10.3. The van der Waals surface area contributed by atoms with Crippen molar-refractivity contribution in [1.29, 1.82) is 5.41 Å². The lowest BCUT2D eigenvalue weighted by Gasteiger charge is -1.90. The molecule has 0 unspecified atom stereocenters. The van der Waals surface area contributed by atoms with Gasteiger partial charge in [0.2, 0.25) is 0 Å². The minimum Gasteiger partial charge on any atom is -0.481 e. The van der Waals surface area contributed by atoms with E-state index in [0.717, 1.165) is 6.92 Å². The van der Waals surface area contributed by atoms with Gasteiger partial charge in [-0.15, -0.1) is 0 Å². The Morgan fingerprint density at radius 2 is 1.92 bits per heavy atom. The highest BCUT2D eigenvalue weighted by atomic mass is 16.4. The van der Waals surface area contributed by atoms with Gasteiger partial charge in [0.1, 0.15) is 0 Å². The Morgan fingerprint density at radius 3 is 2.15 bits per heavy atom. The summed E-state index contributed by atoms with van der Waals surface area (Å²) >= 11 is 0. The maximum absolute atomic E-state index is 9.00. The van der Waals surface area contributed by atoms with Crippen LogP contribution in [0.25, 0.3) is 0 Å². The van der Waals surface area contributed by atoms with E-state index in [-0.39, 0.29) is 11.7 Å². The highest BCUT2D eigenvalue weighted by Gasteiger charge is 1.93. The molecule has 0 fully saturated rings. The largest absolute Gasteiger partial charge is 0.481 e. The molecule has 0 aromatic carbocycles. The minimum absolute atomic E-state index is 0.101. The normalized spacial score (nSPS) is 8.08. The molecule has 0 aliphatic heterocycles. The molecule has 6 nitrogen and oxygen atoms in total. The van der Waals surface area contributed by atoms with Crippen molar-refractivity contribution in [2.75, 3.05) is 0 Å². The van der Waals surface area contributed by atoms with Gasteiger partial charge in [0.05, 0.1) is 0 Å². The third-order valence-electron chi connectivity index (χ3n) is 0.807. The fourth-order valence-corrected chi connectivity index (χ4v) is 0.438. The number of nitrogens with zero attached hydrogens (tertiary/aromatic N) is 2. The van der Waals surface area contributed by atoms with Crippen LogP contribution in [0.3, 0.4) is 0 Å². The summed E-state index contributed by atoms with van der Waals surface area (Å²) in [4.78, 5) is 16.4. The Kier molecular flexibility index (Phi) is 4.78. The Labute approximate surface area is 75.0 Å². The average molecular weight is 182 g/mol. The summed E-state index contributed by atoms with van der Waals surface area (Å²) in [6, 6.07) is 1.67. The number of rotatable bonds is 1. The van der Waals surface area contributed by atoms with Gasteiger partial charge in [-0.2, -0.15) is 0 Å². The molecular formula is C7H10N4O2. The predicted octanol–water partition coefficient (Wildman–Crippen LogP) is -0.148. The second-order valence-electron chi connectivity index (χ2n) is 2.01. The van der Waals surface area contributed by atoms with Crippen LogP contribution in [0.4, 0.5) is 0 Å². The summed E-state index contributed by atoms with van der Waals surface area (Å²) in [7, 11) is 0. The molecule has 0 saturated carbocycles. The number of carboxylic acids is 1. The van der Waals surface area contributed by atoms with Crippen LogP contribution in [0.2, 0.25) is 0 Å². The van der Waals surface area contributed by atoms with Gasteiger partial charge in [-0.25, -0.2) is 9.97 Å². The molecule has 4 N–H and O–H groups in total. The van der Waals surface area contributed by atoms with E-state index in [4.69, 9.17) is 21.0 Å². The number of nitrogens with one attached hydrogen (secondary N) is 1. The molecule has 1 aromatic rings. The lowest BCUT2D eigenvalue weighted by molar-refractivity contribution is -0.134. The topological polar surface area (TPSA) is 113 Å². The fraction of sp³-hybridized carbons (Fsp3) is 0.143. The Hall–Kier alpha value is -1.98. The monoisotopic (exact) mass is 182 g/mol. The molecule has 13 heavy (non-hydrogen) atoms. The van der Waals surface area contributed by atoms with Crippen molar-refractivity contribution in [3.05, 3.63) is 24.3 Å². The van der Waals surface area contributed by atoms with Crippen molar-refractivity contribution < 1.29 is 9.90 Å². The standard InChI is InChI=1S/C5H6N4.C2H4O2/c6-4(7)5-8-2-1-3-9-5;1-2(3)4/h1-3H,(H3,6,7);1H3,(H,3,4). The molecule has 70 valence electrons. The highest BCUT2D eigenvalue weighted by Crippen LogP contribution is 1.82. The third-order valence-corrected chi connectivity index (χ3v) is 0.807. The number of carbonyl (C=O) groups is 1. The van der Waals surface area contributed by atoms with Crippen molar-refractivity contribution in [3.63, 3.8) is 0 Å². The molecule has 0 spiro atoms. The number of aliphatic carboxylic acids is 1. The van der Waals surface area contributed by atoms with E-state index >= 15 is 0 Å². The molecule has 0 atom stereocenters. The first-order valence-corrected chi connectivity index (χ1v) is 3.35. The van der Waals surface area contributed by atoms with Gasteiger partial charge in [-0.1, -0.05) is 0 Å². The molecule has 1 heterocycles. The van der Waals surface area contributed by atoms with Crippen LogP contribution in [-0.2, 0) is 4.79 Å². The van der Waals surface area contributed by atoms with Crippen LogP contribution in [0, 0.1) is 5.41 Å². The number of hydrogen-bond donors (Lipinski definition) is 3. The Morgan fingerprint density at radius 1 is 1.54 bits per heavy atom. The van der Waals surface area contributed by atoms with Crippen LogP contribution >= 0.6 is 0 Å². The van der Waals surface area contributed by atoms with Gasteiger partial charge < -0.3 is 10.8 Å². The molecule has 0 saturated heterocycles. The smallest absolute Gasteiger partial charge is 0.300 e. The van der Waals surface area contributed by atoms with Crippen LogP contribution < -0.4 is 5.73 Å². The molecule has 0 bridgehead atoms. The zero-order valence-electron chi connectivity index (χ0n) is 7.06. The number of amidine groups is 1. The number of carboxylic acid groups (broad SMARTS) is 1. The van der Waals surface area contributed by atoms with E-state index in [1.807, 2.05) is 0 Å². The van der Waals surface area contributed by atoms with Gasteiger partial charge in [0.25, 0.3) is 5.97 Å². The predicted molar refractivity (Wildman–Crippen MR) is 46.4 cm³/mol. The molecule has 0 aliphatic carbocycles. The second-order valence-corrected chi connectivity index (χ2v) is 2.01. The molecular weight excluding hydrogens is 172 g/mol. The fourth-order valence-electron chi connectivity index (χ4n) is 0.438. The molecule has 1 rings (SSSR count). The van der Waals surface area contributed by atoms with Crippen LogP contribution in [0.15, 0.2) is 18.5 Å². The van der Waals surface area contributed by atoms with Crippen LogP contribution in [0.1, 0.15) is 12.7 Å². The maximum atomic E-state index is 9.00. The van der Waals surface area contributed by atoms with Crippen LogP contribution in [-0.4, -0.2) is 26.9 Å². The van der Waals surface area contributed by atoms with Crippen molar-refractivity contribution >= 4 is 11.8 Å². The number of nitrogen functional groups attached to an aromatic ring is 1. The van der Waals surface area contributed by atoms with Gasteiger partial charge in [-0.3, -0.25) is 10.2 Å². The summed E-state index contributed by atoms with van der Waals surface area (Å²) in [6.45, 7) is 1.08. The molecule has 0 aliphatic rings. The highest BCUT2D eigenvalue weighted by molar-refractivity contribution is 5.90. The summed E-state index contributed by atoms with van der Waals surface area (Å²) in [5.74, 6) is -0.659. The summed E-state index contributed by atoms with van der Waals surface area (Å²) in [5.41, 5.74) is 5.07. The number of nitrogens with two attached hydrogens (primary N) is 1. The van der Waals surface area contributed by atoms with E-state index in [1.165, 1.54) is 0 Å². The molecule has 0 amide bonds. The molecule has 6 heteroatoms. The Balaban J connectivity index is 0.000000310. The van der Waals surface area contributed by atoms with E-state index < -0.39 is 5.97 Å². The van der Waals surface area contributed by atoms with Crippen molar-refractivity contribution in [2.45, 2.75) is 6.92 Å².